The predicted octanol–water partition coefficient (Wildman–Crippen LogP) is 5.67. The number of benzene rings is 2. The Morgan fingerprint density at radius 2 is 1.04 bits per heavy atom. The van der Waals surface area contributed by atoms with Crippen LogP contribution in [0.25, 0.3) is 21.8 Å². The number of fused-ring (bicyclic) bond motifs is 2. The van der Waals surface area contributed by atoms with Crippen LogP contribution in [-0.4, -0.2) is 9.97 Å². The van der Waals surface area contributed by atoms with Crippen LogP contribution in [0.4, 0.5) is 0 Å². The van der Waals surface area contributed by atoms with Crippen molar-refractivity contribution >= 4 is 21.8 Å². The lowest BCUT2D eigenvalue weighted by molar-refractivity contribution is 0.964. The van der Waals surface area contributed by atoms with E-state index in [1.165, 1.54) is 55.4 Å². The SMILES string of the molecule is Cc1[nH]c2ccc(CCc3ccc4[nH]c(C)c(C)c4c3)cc2c1C. The highest BCUT2D eigenvalue weighted by atomic mass is 14.7. The summed E-state index contributed by atoms with van der Waals surface area (Å²) in [5.41, 5.74) is 10.6. The van der Waals surface area contributed by atoms with Crippen LogP contribution in [0.3, 0.4) is 0 Å². The van der Waals surface area contributed by atoms with Crippen molar-refractivity contribution in [3.05, 3.63) is 70.0 Å². The second-order valence-corrected chi connectivity index (χ2v) is 7.01. The molecule has 2 aromatic carbocycles. The molecular formula is C22H24N2. The molecule has 0 fully saturated rings. The number of rotatable bonds is 3. The molecule has 0 atom stereocenters. The number of H-pyrrole nitrogens is 2. The van der Waals surface area contributed by atoms with Crippen LogP contribution < -0.4 is 0 Å². The van der Waals surface area contributed by atoms with Gasteiger partial charge in [-0.15, -0.1) is 0 Å². The maximum atomic E-state index is 3.45. The first kappa shape index (κ1) is 15.1. The highest BCUT2D eigenvalue weighted by Crippen LogP contribution is 2.25. The summed E-state index contributed by atoms with van der Waals surface area (Å²) in [7, 11) is 0. The molecule has 4 rings (SSSR count). The Morgan fingerprint density at radius 1 is 0.625 bits per heavy atom. The molecule has 4 aromatic rings. The Morgan fingerprint density at radius 3 is 1.46 bits per heavy atom. The van der Waals surface area contributed by atoms with Crippen molar-refractivity contribution in [2.45, 2.75) is 40.5 Å². The summed E-state index contributed by atoms with van der Waals surface area (Å²) < 4.78 is 0. The second kappa shape index (κ2) is 5.55. The number of hydrogen-bond donors (Lipinski definition) is 2. The standard InChI is InChI=1S/C22H24N2/c1-13-15(3)23-21-9-7-17(11-19(13)21)5-6-18-8-10-22-20(12-18)14(2)16(4)24-22/h7-12,23-24H,5-6H2,1-4H3. The number of aromatic amines is 2. The predicted molar refractivity (Wildman–Crippen MR) is 103 cm³/mol. The molecule has 2 nitrogen and oxygen atoms in total. The Balaban J connectivity index is 1.60. The fourth-order valence-electron chi connectivity index (χ4n) is 3.62. The molecular weight excluding hydrogens is 292 g/mol. The molecule has 0 bridgehead atoms. The Hall–Kier alpha value is -2.48. The van der Waals surface area contributed by atoms with Crippen LogP contribution in [0.5, 0.6) is 0 Å². The van der Waals surface area contributed by atoms with E-state index in [4.69, 9.17) is 0 Å². The van der Waals surface area contributed by atoms with Gasteiger partial charge >= 0.3 is 0 Å². The van der Waals surface area contributed by atoms with Crippen LogP contribution in [-0.2, 0) is 12.8 Å². The van der Waals surface area contributed by atoms with Crippen molar-refractivity contribution in [3.63, 3.8) is 0 Å². The van der Waals surface area contributed by atoms with Gasteiger partial charge in [-0.1, -0.05) is 12.1 Å². The summed E-state index contributed by atoms with van der Waals surface area (Å²) in [6.07, 6.45) is 2.15. The van der Waals surface area contributed by atoms with E-state index in [2.05, 4.69) is 74.1 Å². The van der Waals surface area contributed by atoms with Crippen molar-refractivity contribution < 1.29 is 0 Å². The van der Waals surface area contributed by atoms with Gasteiger partial charge in [-0.2, -0.15) is 0 Å². The molecule has 0 aliphatic carbocycles. The molecule has 0 spiro atoms. The summed E-state index contributed by atoms with van der Waals surface area (Å²) in [5.74, 6) is 0. The summed E-state index contributed by atoms with van der Waals surface area (Å²) in [4.78, 5) is 6.91. The fourth-order valence-corrected chi connectivity index (χ4v) is 3.62. The molecule has 2 heteroatoms. The first-order valence-corrected chi connectivity index (χ1v) is 8.68. The minimum absolute atomic E-state index is 1.08. The van der Waals surface area contributed by atoms with Gasteiger partial charge in [-0.25, -0.2) is 0 Å². The van der Waals surface area contributed by atoms with Gasteiger partial charge in [0.25, 0.3) is 0 Å². The molecule has 24 heavy (non-hydrogen) atoms. The minimum Gasteiger partial charge on any atom is -0.358 e. The quantitative estimate of drug-likeness (QED) is 0.488. The third kappa shape index (κ3) is 2.43. The monoisotopic (exact) mass is 316 g/mol. The van der Waals surface area contributed by atoms with Gasteiger partial charge < -0.3 is 9.97 Å². The first-order chi connectivity index (χ1) is 11.5. The molecule has 2 aromatic heterocycles. The molecule has 0 amide bonds. The Kier molecular flexibility index (Phi) is 3.49. The Labute approximate surface area is 142 Å². The van der Waals surface area contributed by atoms with Crippen LogP contribution in [0.15, 0.2) is 36.4 Å². The van der Waals surface area contributed by atoms with E-state index in [0.29, 0.717) is 0 Å². The van der Waals surface area contributed by atoms with E-state index in [9.17, 15) is 0 Å². The molecule has 0 aliphatic heterocycles. The maximum absolute atomic E-state index is 3.45. The van der Waals surface area contributed by atoms with Crippen molar-refractivity contribution in [2.75, 3.05) is 0 Å². The fraction of sp³-hybridized carbons (Fsp3) is 0.273. The molecule has 2 heterocycles. The number of aromatic nitrogens is 2. The zero-order valence-electron chi connectivity index (χ0n) is 14.9. The van der Waals surface area contributed by atoms with Gasteiger partial charge in [0.2, 0.25) is 0 Å². The van der Waals surface area contributed by atoms with E-state index < -0.39 is 0 Å². The lowest BCUT2D eigenvalue weighted by Crippen LogP contribution is -1.91. The Bertz CT molecular complexity index is 961. The van der Waals surface area contributed by atoms with Gasteiger partial charge in [-0.05, 0) is 87.1 Å². The van der Waals surface area contributed by atoms with Gasteiger partial charge in [0.1, 0.15) is 0 Å². The molecule has 2 N–H and O–H groups in total. The minimum atomic E-state index is 1.08. The van der Waals surface area contributed by atoms with Crippen LogP contribution in [0.2, 0.25) is 0 Å². The summed E-state index contributed by atoms with van der Waals surface area (Å²) in [5, 5.41) is 2.72. The van der Waals surface area contributed by atoms with Crippen LogP contribution in [0, 0.1) is 27.7 Å². The molecule has 0 saturated heterocycles. The number of hydrogen-bond acceptors (Lipinski definition) is 0. The van der Waals surface area contributed by atoms with Crippen molar-refractivity contribution in [3.8, 4) is 0 Å². The van der Waals surface area contributed by atoms with E-state index >= 15 is 0 Å². The van der Waals surface area contributed by atoms with Crippen LogP contribution in [0.1, 0.15) is 33.6 Å². The summed E-state index contributed by atoms with van der Waals surface area (Å²) >= 11 is 0. The molecule has 0 aliphatic rings. The zero-order valence-corrected chi connectivity index (χ0v) is 14.9. The van der Waals surface area contributed by atoms with E-state index in [-0.39, 0.29) is 0 Å². The molecule has 122 valence electrons. The van der Waals surface area contributed by atoms with Gasteiger partial charge in [-0.3, -0.25) is 0 Å². The normalized spacial score (nSPS) is 11.7. The van der Waals surface area contributed by atoms with Gasteiger partial charge in [0.15, 0.2) is 0 Å². The topological polar surface area (TPSA) is 31.6 Å². The zero-order chi connectivity index (χ0) is 16.8. The first-order valence-electron chi connectivity index (χ1n) is 8.68. The van der Waals surface area contributed by atoms with Crippen molar-refractivity contribution in [1.29, 1.82) is 0 Å². The van der Waals surface area contributed by atoms with Crippen molar-refractivity contribution in [2.24, 2.45) is 0 Å². The van der Waals surface area contributed by atoms with Crippen LogP contribution >= 0.6 is 0 Å². The lowest BCUT2D eigenvalue weighted by atomic mass is 10.0. The number of nitrogens with one attached hydrogen (secondary N) is 2. The van der Waals surface area contributed by atoms with E-state index in [1.54, 1.807) is 0 Å². The van der Waals surface area contributed by atoms with Gasteiger partial charge in [0.05, 0.1) is 0 Å². The molecule has 0 unspecified atom stereocenters. The summed E-state index contributed by atoms with van der Waals surface area (Å²) in [6.45, 7) is 8.68. The van der Waals surface area contributed by atoms with E-state index in [1.807, 2.05) is 0 Å². The summed E-state index contributed by atoms with van der Waals surface area (Å²) in [6, 6.07) is 13.6. The number of aryl methyl sites for hydroxylation is 6. The third-order valence-corrected chi connectivity index (χ3v) is 5.45. The third-order valence-electron chi connectivity index (χ3n) is 5.45. The molecule has 0 saturated carbocycles. The smallest absolute Gasteiger partial charge is 0.0458 e. The highest BCUT2D eigenvalue weighted by molar-refractivity contribution is 5.85. The molecule has 0 radical (unpaired) electrons. The largest absolute Gasteiger partial charge is 0.358 e. The van der Waals surface area contributed by atoms with E-state index in [0.717, 1.165) is 12.8 Å². The lowest BCUT2D eigenvalue weighted by Gasteiger charge is -2.04. The average molecular weight is 316 g/mol. The van der Waals surface area contributed by atoms with Crippen molar-refractivity contribution in [1.82, 2.24) is 9.97 Å². The maximum Gasteiger partial charge on any atom is 0.0458 e. The average Bonchev–Trinajstić information content (AvgIpc) is 3.02. The highest BCUT2D eigenvalue weighted by Gasteiger charge is 2.07. The van der Waals surface area contributed by atoms with Gasteiger partial charge in [0, 0.05) is 33.2 Å². The second-order valence-electron chi connectivity index (χ2n) is 7.01.